The van der Waals surface area contributed by atoms with Gasteiger partial charge in [0, 0.05) is 0 Å². The number of amides is 1. The summed E-state index contributed by atoms with van der Waals surface area (Å²) in [7, 11) is 0. The third-order valence-corrected chi connectivity index (χ3v) is 3.07. The molecule has 1 aliphatic rings. The van der Waals surface area contributed by atoms with Gasteiger partial charge in [0.1, 0.15) is 0 Å². The van der Waals surface area contributed by atoms with Gasteiger partial charge in [-0.15, -0.1) is 5.11 Å². The summed E-state index contributed by atoms with van der Waals surface area (Å²) in [6, 6.07) is 9.21. The van der Waals surface area contributed by atoms with Crippen molar-refractivity contribution in [2.45, 2.75) is 0 Å². The minimum Gasteiger partial charge on any atom is -0.271 e. The van der Waals surface area contributed by atoms with Crippen LogP contribution in [0.5, 0.6) is 0 Å². The fraction of sp³-hybridized carbons (Fsp3) is 0.111. The van der Waals surface area contributed by atoms with Crippen molar-refractivity contribution >= 4 is 39.9 Å². The van der Waals surface area contributed by atoms with Crippen LogP contribution < -0.4 is 0 Å². The topological polar surface area (TPSA) is 45.0 Å². The lowest BCUT2D eigenvalue weighted by molar-refractivity contribution is -0.124. The second-order valence-corrected chi connectivity index (χ2v) is 4.39. The van der Waals surface area contributed by atoms with Crippen molar-refractivity contribution < 1.29 is 4.79 Å². The molecule has 0 atom stereocenters. The van der Waals surface area contributed by atoms with Gasteiger partial charge in [-0.1, -0.05) is 47.4 Å². The molecule has 0 unspecified atom stereocenters. The second kappa shape index (κ2) is 4.50. The summed E-state index contributed by atoms with van der Waals surface area (Å²) >= 11 is 6.25. The summed E-state index contributed by atoms with van der Waals surface area (Å²) in [5.74, 6) is 0.233. The van der Waals surface area contributed by atoms with Crippen LogP contribution in [0.2, 0.25) is 0 Å². The Bertz CT molecular complexity index is 403. The second-order valence-electron chi connectivity index (χ2n) is 2.79. The number of hydrogen-bond donors (Lipinski definition) is 0. The Labute approximate surface area is 96.3 Å². The number of benzene rings is 1. The Morgan fingerprint density at radius 1 is 1.33 bits per heavy atom. The lowest BCUT2D eigenvalue weighted by Gasteiger charge is -2.03. The largest absolute Gasteiger partial charge is 0.271 e. The summed E-state index contributed by atoms with van der Waals surface area (Å²) in [5, 5.41) is 8.88. The summed E-state index contributed by atoms with van der Waals surface area (Å²) in [4.78, 5) is 11.3. The first-order chi connectivity index (χ1) is 7.27. The average Bonchev–Trinajstić information content (AvgIpc) is 2.58. The van der Waals surface area contributed by atoms with Crippen molar-refractivity contribution in [2.24, 2.45) is 10.3 Å². The predicted octanol–water partition coefficient (Wildman–Crippen LogP) is 2.55. The zero-order chi connectivity index (χ0) is 10.7. The van der Waals surface area contributed by atoms with E-state index in [2.05, 4.69) is 10.3 Å². The SMILES string of the molecule is O=C1CSC(=S)N1N=Nc1ccccc1. The summed E-state index contributed by atoms with van der Waals surface area (Å²) in [6.45, 7) is 0. The molecule has 1 fully saturated rings. The van der Waals surface area contributed by atoms with E-state index < -0.39 is 0 Å². The highest BCUT2D eigenvalue weighted by atomic mass is 32.2. The van der Waals surface area contributed by atoms with Crippen LogP contribution in [0.3, 0.4) is 0 Å². The van der Waals surface area contributed by atoms with Crippen LogP contribution in [0.15, 0.2) is 40.7 Å². The minimum absolute atomic E-state index is 0.121. The molecule has 0 saturated carbocycles. The fourth-order valence-corrected chi connectivity index (χ4v) is 1.97. The molecule has 0 aromatic heterocycles. The first kappa shape index (κ1) is 10.3. The van der Waals surface area contributed by atoms with Gasteiger partial charge in [-0.25, -0.2) is 0 Å². The fourth-order valence-electron chi connectivity index (χ4n) is 1.02. The molecule has 2 rings (SSSR count). The smallest absolute Gasteiger partial charge is 0.260 e. The normalized spacial score (nSPS) is 16.7. The molecule has 4 nitrogen and oxygen atoms in total. The number of hydrogen-bond acceptors (Lipinski definition) is 5. The number of nitrogens with zero attached hydrogens (tertiary/aromatic N) is 3. The lowest BCUT2D eigenvalue weighted by Crippen LogP contribution is -2.21. The number of thioether (sulfide) groups is 1. The van der Waals surface area contributed by atoms with Gasteiger partial charge in [-0.05, 0) is 12.1 Å². The van der Waals surface area contributed by atoms with Crippen LogP contribution in [0.4, 0.5) is 5.69 Å². The van der Waals surface area contributed by atoms with Crippen molar-refractivity contribution in [3.63, 3.8) is 0 Å². The molecular formula is C9H7N3OS2. The Hall–Kier alpha value is -1.27. The van der Waals surface area contributed by atoms with Crippen LogP contribution in [0.1, 0.15) is 0 Å². The molecule has 1 heterocycles. The quantitative estimate of drug-likeness (QED) is 0.586. The molecule has 6 heteroatoms. The summed E-state index contributed by atoms with van der Waals surface area (Å²) in [6.07, 6.45) is 0. The number of rotatable bonds is 2. The van der Waals surface area contributed by atoms with E-state index in [0.29, 0.717) is 15.8 Å². The van der Waals surface area contributed by atoms with E-state index in [4.69, 9.17) is 12.2 Å². The van der Waals surface area contributed by atoms with Gasteiger partial charge in [0.15, 0.2) is 4.32 Å². The van der Waals surface area contributed by atoms with Crippen molar-refractivity contribution in [3.8, 4) is 0 Å². The van der Waals surface area contributed by atoms with Gasteiger partial charge in [0.25, 0.3) is 5.91 Å². The first-order valence-corrected chi connectivity index (χ1v) is 5.63. The molecule has 0 spiro atoms. The third kappa shape index (κ3) is 2.40. The molecule has 76 valence electrons. The molecule has 0 radical (unpaired) electrons. The van der Waals surface area contributed by atoms with Crippen LogP contribution in [0, 0.1) is 0 Å². The van der Waals surface area contributed by atoms with Gasteiger partial charge in [0.05, 0.1) is 11.4 Å². The van der Waals surface area contributed by atoms with Crippen LogP contribution in [0.25, 0.3) is 0 Å². The maximum absolute atomic E-state index is 11.3. The van der Waals surface area contributed by atoms with Gasteiger partial charge in [0.2, 0.25) is 0 Å². The van der Waals surface area contributed by atoms with E-state index in [0.717, 1.165) is 5.01 Å². The summed E-state index contributed by atoms with van der Waals surface area (Å²) in [5.41, 5.74) is 0.699. The molecule has 1 aliphatic heterocycles. The van der Waals surface area contributed by atoms with Crippen molar-refractivity contribution in [1.29, 1.82) is 0 Å². The van der Waals surface area contributed by atoms with E-state index in [-0.39, 0.29) is 5.91 Å². The van der Waals surface area contributed by atoms with E-state index in [1.807, 2.05) is 18.2 Å². The Morgan fingerprint density at radius 2 is 2.07 bits per heavy atom. The van der Waals surface area contributed by atoms with Gasteiger partial charge in [-0.3, -0.25) is 4.79 Å². The molecule has 1 aromatic carbocycles. The van der Waals surface area contributed by atoms with Crippen molar-refractivity contribution in [1.82, 2.24) is 5.01 Å². The molecule has 1 amide bonds. The highest BCUT2D eigenvalue weighted by Crippen LogP contribution is 2.21. The van der Waals surface area contributed by atoms with E-state index in [9.17, 15) is 4.79 Å². The monoisotopic (exact) mass is 237 g/mol. The number of thiocarbonyl (C=S) groups is 1. The summed E-state index contributed by atoms with van der Waals surface area (Å²) < 4.78 is 0.458. The van der Waals surface area contributed by atoms with E-state index in [1.54, 1.807) is 12.1 Å². The van der Waals surface area contributed by atoms with Gasteiger partial charge >= 0.3 is 0 Å². The van der Waals surface area contributed by atoms with Crippen LogP contribution in [-0.4, -0.2) is 21.0 Å². The highest BCUT2D eigenvalue weighted by molar-refractivity contribution is 8.23. The maximum atomic E-state index is 11.3. The van der Waals surface area contributed by atoms with Crippen LogP contribution in [-0.2, 0) is 4.79 Å². The molecule has 15 heavy (non-hydrogen) atoms. The lowest BCUT2D eigenvalue weighted by atomic mass is 10.3. The zero-order valence-electron chi connectivity index (χ0n) is 7.66. The van der Waals surface area contributed by atoms with E-state index in [1.165, 1.54) is 11.8 Å². The number of carbonyl (C=O) groups is 1. The van der Waals surface area contributed by atoms with Crippen LogP contribution >= 0.6 is 24.0 Å². The maximum Gasteiger partial charge on any atom is 0.260 e. The van der Waals surface area contributed by atoms with Gasteiger partial charge < -0.3 is 0 Å². The molecule has 0 aliphatic carbocycles. The third-order valence-electron chi connectivity index (χ3n) is 1.73. The number of carbonyl (C=O) groups excluding carboxylic acids is 1. The van der Waals surface area contributed by atoms with Crippen molar-refractivity contribution in [2.75, 3.05) is 5.75 Å². The zero-order valence-corrected chi connectivity index (χ0v) is 9.29. The molecule has 0 bridgehead atoms. The molecule has 1 aromatic rings. The molecule has 1 saturated heterocycles. The molecule has 0 N–H and O–H groups in total. The highest BCUT2D eigenvalue weighted by Gasteiger charge is 2.26. The standard InChI is InChI=1S/C9H7N3OS2/c13-8-6-15-9(14)12(8)11-10-7-4-2-1-3-5-7/h1-5H,6H2. The molecular weight excluding hydrogens is 230 g/mol. The predicted molar refractivity (Wildman–Crippen MR) is 62.9 cm³/mol. The van der Waals surface area contributed by atoms with E-state index >= 15 is 0 Å². The minimum atomic E-state index is -0.121. The first-order valence-electron chi connectivity index (χ1n) is 4.24. The Balaban J connectivity index is 2.12. The van der Waals surface area contributed by atoms with Gasteiger partial charge in [-0.2, -0.15) is 5.01 Å². The Kier molecular flexibility index (Phi) is 3.08. The Morgan fingerprint density at radius 3 is 2.67 bits per heavy atom. The average molecular weight is 237 g/mol. The van der Waals surface area contributed by atoms with Crippen molar-refractivity contribution in [3.05, 3.63) is 30.3 Å².